The number of aliphatic hydroxyl groups excluding tert-OH is 2. The summed E-state index contributed by atoms with van der Waals surface area (Å²) in [7, 11) is 0. The maximum Gasteiger partial charge on any atom is 0.308 e. The average molecular weight is 252 g/mol. The molecule has 0 bridgehead atoms. The minimum atomic E-state index is -1.15. The van der Waals surface area contributed by atoms with E-state index in [9.17, 15) is 15.0 Å². The zero-order chi connectivity index (χ0) is 13.7. The van der Waals surface area contributed by atoms with Crippen LogP contribution in [0.3, 0.4) is 0 Å². The average Bonchev–Trinajstić information content (AvgIpc) is 2.32. The number of esters is 1. The number of carbonyl (C=O) groups is 1. The van der Waals surface area contributed by atoms with Crippen LogP contribution in [0, 0.1) is 13.8 Å². The van der Waals surface area contributed by atoms with Crippen molar-refractivity contribution in [2.24, 2.45) is 0 Å². The molecule has 1 aromatic rings. The van der Waals surface area contributed by atoms with Crippen LogP contribution in [0.1, 0.15) is 36.1 Å². The van der Waals surface area contributed by atoms with Gasteiger partial charge in [-0.25, -0.2) is 0 Å². The lowest BCUT2D eigenvalue weighted by Crippen LogP contribution is -2.23. The first kappa shape index (κ1) is 14.7. The molecule has 18 heavy (non-hydrogen) atoms. The number of carbonyl (C=O) groups excluding carboxylic acids is 1. The Labute approximate surface area is 107 Å². The van der Waals surface area contributed by atoms with Gasteiger partial charge in [0.2, 0.25) is 0 Å². The highest BCUT2D eigenvalue weighted by Crippen LogP contribution is 2.24. The summed E-state index contributed by atoms with van der Waals surface area (Å²) in [4.78, 5) is 11.2. The molecular formula is C14H20O4. The van der Waals surface area contributed by atoms with Gasteiger partial charge in [0, 0.05) is 0 Å². The predicted molar refractivity (Wildman–Crippen MR) is 68.1 cm³/mol. The first-order valence-electron chi connectivity index (χ1n) is 6.05. The van der Waals surface area contributed by atoms with E-state index in [4.69, 9.17) is 4.74 Å². The Morgan fingerprint density at radius 1 is 1.33 bits per heavy atom. The highest BCUT2D eigenvalue weighted by Gasteiger charge is 2.23. The Morgan fingerprint density at radius 2 is 2.00 bits per heavy atom. The highest BCUT2D eigenvalue weighted by atomic mass is 16.5. The van der Waals surface area contributed by atoms with Crippen molar-refractivity contribution in [3.63, 3.8) is 0 Å². The predicted octanol–water partition coefficient (Wildman–Crippen LogP) is 1.65. The van der Waals surface area contributed by atoms with E-state index in [2.05, 4.69) is 0 Å². The summed E-state index contributed by atoms with van der Waals surface area (Å²) in [6.07, 6.45) is -2.43. The van der Waals surface area contributed by atoms with Gasteiger partial charge in [0.1, 0.15) is 6.10 Å². The van der Waals surface area contributed by atoms with Crippen LogP contribution in [0.25, 0.3) is 0 Å². The fourth-order valence-electron chi connectivity index (χ4n) is 1.80. The third-order valence-corrected chi connectivity index (χ3v) is 3.01. The normalized spacial score (nSPS) is 14.1. The van der Waals surface area contributed by atoms with E-state index in [0.29, 0.717) is 5.56 Å². The van der Waals surface area contributed by atoms with E-state index in [1.54, 1.807) is 13.0 Å². The Kier molecular flexibility index (Phi) is 5.31. The number of benzene rings is 1. The second-order valence-corrected chi connectivity index (χ2v) is 4.31. The summed E-state index contributed by atoms with van der Waals surface area (Å²) in [6, 6.07) is 5.50. The molecule has 0 saturated carbocycles. The largest absolute Gasteiger partial charge is 0.466 e. The fraction of sp³-hybridized carbons (Fsp3) is 0.500. The Morgan fingerprint density at radius 3 is 2.61 bits per heavy atom. The van der Waals surface area contributed by atoms with Gasteiger partial charge in [0.25, 0.3) is 0 Å². The van der Waals surface area contributed by atoms with Gasteiger partial charge in [0.05, 0.1) is 19.1 Å². The summed E-state index contributed by atoms with van der Waals surface area (Å²) in [5.74, 6) is -0.505. The lowest BCUT2D eigenvalue weighted by Gasteiger charge is -2.20. The third kappa shape index (κ3) is 3.55. The molecule has 0 aromatic heterocycles. The topological polar surface area (TPSA) is 66.8 Å². The molecule has 0 spiro atoms. The molecule has 0 aliphatic heterocycles. The van der Waals surface area contributed by atoms with Gasteiger partial charge in [-0.15, -0.1) is 0 Å². The number of aliphatic hydroxyl groups is 2. The molecule has 0 amide bonds. The molecule has 0 radical (unpaired) electrons. The number of rotatable bonds is 5. The maximum atomic E-state index is 11.2. The van der Waals surface area contributed by atoms with Gasteiger partial charge in [-0.3, -0.25) is 4.79 Å². The first-order chi connectivity index (χ1) is 8.47. The van der Waals surface area contributed by atoms with Crippen LogP contribution in [-0.4, -0.2) is 28.9 Å². The standard InChI is InChI=1S/C14H20O4/c1-4-18-13(16)8-12(15)14(17)11-7-5-6-9(2)10(11)3/h5-7,12,14-15,17H,4,8H2,1-3H3. The molecule has 0 aliphatic carbocycles. The quantitative estimate of drug-likeness (QED) is 0.782. The number of hydrogen-bond donors (Lipinski definition) is 2. The summed E-state index contributed by atoms with van der Waals surface area (Å²) >= 11 is 0. The Bertz CT molecular complexity index is 414. The van der Waals surface area contributed by atoms with Crippen LogP contribution >= 0.6 is 0 Å². The zero-order valence-corrected chi connectivity index (χ0v) is 11.0. The summed E-state index contributed by atoms with van der Waals surface area (Å²) in [5.41, 5.74) is 2.61. The van der Waals surface area contributed by atoms with E-state index < -0.39 is 18.2 Å². The Balaban J connectivity index is 2.77. The molecule has 100 valence electrons. The van der Waals surface area contributed by atoms with Gasteiger partial charge in [-0.2, -0.15) is 0 Å². The van der Waals surface area contributed by atoms with Gasteiger partial charge in [-0.1, -0.05) is 18.2 Å². The molecular weight excluding hydrogens is 232 g/mol. The number of hydrogen-bond acceptors (Lipinski definition) is 4. The van der Waals surface area contributed by atoms with E-state index >= 15 is 0 Å². The fourth-order valence-corrected chi connectivity index (χ4v) is 1.80. The monoisotopic (exact) mass is 252 g/mol. The van der Waals surface area contributed by atoms with Crippen molar-refractivity contribution in [3.05, 3.63) is 34.9 Å². The highest BCUT2D eigenvalue weighted by molar-refractivity contribution is 5.70. The molecule has 0 aliphatic rings. The molecule has 4 nitrogen and oxygen atoms in total. The van der Waals surface area contributed by atoms with Gasteiger partial charge < -0.3 is 14.9 Å². The second kappa shape index (κ2) is 6.52. The first-order valence-corrected chi connectivity index (χ1v) is 6.05. The van der Waals surface area contributed by atoms with Crippen molar-refractivity contribution >= 4 is 5.97 Å². The third-order valence-electron chi connectivity index (χ3n) is 3.01. The second-order valence-electron chi connectivity index (χ2n) is 4.31. The SMILES string of the molecule is CCOC(=O)CC(O)C(O)c1cccc(C)c1C. The minimum Gasteiger partial charge on any atom is -0.466 e. The van der Waals surface area contributed by atoms with Crippen LogP contribution in [-0.2, 0) is 9.53 Å². The van der Waals surface area contributed by atoms with Gasteiger partial charge >= 0.3 is 5.97 Å². The van der Waals surface area contributed by atoms with Crippen molar-refractivity contribution in [2.75, 3.05) is 6.61 Å². The molecule has 2 unspecified atom stereocenters. The molecule has 1 aromatic carbocycles. The van der Waals surface area contributed by atoms with E-state index in [-0.39, 0.29) is 13.0 Å². The summed E-state index contributed by atoms with van der Waals surface area (Å²) in [6.45, 7) is 5.78. The van der Waals surface area contributed by atoms with Crippen LogP contribution < -0.4 is 0 Å². The number of ether oxygens (including phenoxy) is 1. The van der Waals surface area contributed by atoms with E-state index in [0.717, 1.165) is 11.1 Å². The molecule has 2 N–H and O–H groups in total. The lowest BCUT2D eigenvalue weighted by atomic mass is 9.95. The molecule has 4 heteroatoms. The van der Waals surface area contributed by atoms with Crippen LogP contribution in [0.2, 0.25) is 0 Å². The van der Waals surface area contributed by atoms with Gasteiger partial charge in [0.15, 0.2) is 0 Å². The lowest BCUT2D eigenvalue weighted by molar-refractivity contribution is -0.147. The van der Waals surface area contributed by atoms with Gasteiger partial charge in [-0.05, 0) is 37.5 Å². The van der Waals surface area contributed by atoms with Crippen LogP contribution in [0.15, 0.2) is 18.2 Å². The molecule has 0 fully saturated rings. The van der Waals surface area contributed by atoms with Crippen LogP contribution in [0.5, 0.6) is 0 Å². The number of aryl methyl sites for hydroxylation is 1. The van der Waals surface area contributed by atoms with E-state index in [1.165, 1.54) is 0 Å². The molecule has 1 rings (SSSR count). The molecule has 2 atom stereocenters. The smallest absolute Gasteiger partial charge is 0.308 e. The summed E-state index contributed by atoms with van der Waals surface area (Å²) < 4.78 is 4.74. The minimum absolute atomic E-state index is 0.206. The molecule has 0 heterocycles. The zero-order valence-electron chi connectivity index (χ0n) is 11.0. The summed E-state index contributed by atoms with van der Waals surface area (Å²) in [5, 5.41) is 19.9. The van der Waals surface area contributed by atoms with Crippen molar-refractivity contribution in [3.8, 4) is 0 Å². The van der Waals surface area contributed by atoms with Crippen molar-refractivity contribution in [1.82, 2.24) is 0 Å². The molecule has 0 saturated heterocycles. The van der Waals surface area contributed by atoms with E-state index in [1.807, 2.05) is 26.0 Å². The van der Waals surface area contributed by atoms with Crippen molar-refractivity contribution < 1.29 is 19.7 Å². The van der Waals surface area contributed by atoms with Crippen LogP contribution in [0.4, 0.5) is 0 Å². The Hall–Kier alpha value is -1.39. The maximum absolute atomic E-state index is 11.2. The van der Waals surface area contributed by atoms with Crippen molar-refractivity contribution in [2.45, 2.75) is 39.4 Å². The van der Waals surface area contributed by atoms with Crippen molar-refractivity contribution in [1.29, 1.82) is 0 Å².